The van der Waals surface area contributed by atoms with Crippen LogP contribution >= 0.6 is 0 Å². The summed E-state index contributed by atoms with van der Waals surface area (Å²) in [6.45, 7) is 10.6. The molecule has 3 heteroatoms. The zero-order valence-corrected chi connectivity index (χ0v) is 10.8. The van der Waals surface area contributed by atoms with Crippen molar-refractivity contribution in [2.75, 3.05) is 39.3 Å². The van der Waals surface area contributed by atoms with Crippen molar-refractivity contribution in [1.29, 1.82) is 0 Å². The average Bonchev–Trinajstić information content (AvgIpc) is 2.28. The van der Waals surface area contributed by atoms with Gasteiger partial charge in [0, 0.05) is 44.2 Å². The minimum Gasteiger partial charge on any atom is -0.396 e. The molecule has 0 saturated carbocycles. The fourth-order valence-corrected chi connectivity index (χ4v) is 3.02. The SMILES string of the molecule is CC(C)(CO)CN1CCN2CCCCC2C1. The zero-order valence-electron chi connectivity index (χ0n) is 10.8. The molecule has 0 spiro atoms. The van der Waals surface area contributed by atoms with Crippen LogP contribution in [0.15, 0.2) is 0 Å². The molecule has 2 fully saturated rings. The fraction of sp³-hybridized carbons (Fsp3) is 1.00. The predicted octanol–water partition coefficient (Wildman–Crippen LogP) is 1.17. The number of piperazine rings is 1. The van der Waals surface area contributed by atoms with Crippen molar-refractivity contribution in [3.8, 4) is 0 Å². The van der Waals surface area contributed by atoms with E-state index in [1.165, 1.54) is 45.4 Å². The Bertz CT molecular complexity index is 230. The highest BCUT2D eigenvalue weighted by atomic mass is 16.3. The Balaban J connectivity index is 1.85. The highest BCUT2D eigenvalue weighted by molar-refractivity contribution is 4.86. The van der Waals surface area contributed by atoms with Gasteiger partial charge >= 0.3 is 0 Å². The first-order valence-electron chi connectivity index (χ1n) is 6.68. The number of fused-ring (bicyclic) bond motifs is 1. The average molecular weight is 226 g/mol. The van der Waals surface area contributed by atoms with Crippen molar-refractivity contribution in [1.82, 2.24) is 9.80 Å². The fourth-order valence-electron chi connectivity index (χ4n) is 3.02. The van der Waals surface area contributed by atoms with Crippen LogP contribution in [0.5, 0.6) is 0 Å². The van der Waals surface area contributed by atoms with E-state index in [-0.39, 0.29) is 12.0 Å². The molecular formula is C13H26N2O. The van der Waals surface area contributed by atoms with Crippen molar-refractivity contribution in [2.24, 2.45) is 5.41 Å². The third kappa shape index (κ3) is 2.96. The monoisotopic (exact) mass is 226 g/mol. The summed E-state index contributed by atoms with van der Waals surface area (Å²) in [7, 11) is 0. The molecule has 2 aliphatic rings. The van der Waals surface area contributed by atoms with Crippen molar-refractivity contribution in [3.63, 3.8) is 0 Å². The van der Waals surface area contributed by atoms with Crippen LogP contribution in [0.25, 0.3) is 0 Å². The maximum atomic E-state index is 9.32. The van der Waals surface area contributed by atoms with Crippen molar-refractivity contribution >= 4 is 0 Å². The smallest absolute Gasteiger partial charge is 0.0494 e. The first-order valence-corrected chi connectivity index (χ1v) is 6.68. The van der Waals surface area contributed by atoms with Gasteiger partial charge in [0.15, 0.2) is 0 Å². The molecule has 1 unspecified atom stereocenters. The largest absolute Gasteiger partial charge is 0.396 e. The summed E-state index contributed by atoms with van der Waals surface area (Å²) < 4.78 is 0. The van der Waals surface area contributed by atoms with Crippen LogP contribution in [0.3, 0.4) is 0 Å². The van der Waals surface area contributed by atoms with Crippen LogP contribution in [0.1, 0.15) is 33.1 Å². The second-order valence-corrected chi connectivity index (χ2v) is 6.24. The molecule has 0 bridgehead atoms. The number of hydrogen-bond acceptors (Lipinski definition) is 3. The summed E-state index contributed by atoms with van der Waals surface area (Å²) in [5, 5.41) is 9.32. The van der Waals surface area contributed by atoms with Crippen LogP contribution in [0, 0.1) is 5.41 Å². The lowest BCUT2D eigenvalue weighted by Gasteiger charge is -2.45. The van der Waals surface area contributed by atoms with Gasteiger partial charge in [-0.15, -0.1) is 0 Å². The van der Waals surface area contributed by atoms with Crippen molar-refractivity contribution in [2.45, 2.75) is 39.2 Å². The predicted molar refractivity (Wildman–Crippen MR) is 66.5 cm³/mol. The van der Waals surface area contributed by atoms with Gasteiger partial charge in [0.1, 0.15) is 0 Å². The maximum Gasteiger partial charge on any atom is 0.0494 e. The molecule has 0 radical (unpaired) electrons. The van der Waals surface area contributed by atoms with E-state index in [2.05, 4.69) is 23.6 Å². The van der Waals surface area contributed by atoms with Gasteiger partial charge in [-0.25, -0.2) is 0 Å². The first kappa shape index (κ1) is 12.3. The van der Waals surface area contributed by atoms with Gasteiger partial charge in [0.2, 0.25) is 0 Å². The Morgan fingerprint density at radius 2 is 2.00 bits per heavy atom. The summed E-state index contributed by atoms with van der Waals surface area (Å²) in [4.78, 5) is 5.20. The maximum absolute atomic E-state index is 9.32. The Hall–Kier alpha value is -0.120. The third-order valence-electron chi connectivity index (χ3n) is 4.00. The lowest BCUT2D eigenvalue weighted by Crippen LogP contribution is -2.56. The zero-order chi connectivity index (χ0) is 11.6. The van der Waals surface area contributed by atoms with E-state index in [4.69, 9.17) is 0 Å². The molecule has 3 nitrogen and oxygen atoms in total. The van der Waals surface area contributed by atoms with E-state index in [9.17, 15) is 5.11 Å². The van der Waals surface area contributed by atoms with Crippen LogP contribution in [-0.2, 0) is 0 Å². The summed E-state index contributed by atoms with van der Waals surface area (Å²) in [5.74, 6) is 0. The molecule has 0 aromatic carbocycles. The topological polar surface area (TPSA) is 26.7 Å². The van der Waals surface area contributed by atoms with Gasteiger partial charge in [-0.1, -0.05) is 20.3 Å². The van der Waals surface area contributed by atoms with E-state index in [1.54, 1.807) is 0 Å². The van der Waals surface area contributed by atoms with Gasteiger partial charge in [0.25, 0.3) is 0 Å². The van der Waals surface area contributed by atoms with Gasteiger partial charge in [-0.3, -0.25) is 9.80 Å². The van der Waals surface area contributed by atoms with Crippen LogP contribution in [-0.4, -0.2) is 60.3 Å². The number of aliphatic hydroxyl groups is 1. The van der Waals surface area contributed by atoms with E-state index in [1.807, 2.05) is 0 Å². The van der Waals surface area contributed by atoms with E-state index >= 15 is 0 Å². The van der Waals surface area contributed by atoms with E-state index < -0.39 is 0 Å². The molecule has 0 aromatic rings. The summed E-state index contributed by atoms with van der Waals surface area (Å²) in [6, 6.07) is 0.789. The van der Waals surface area contributed by atoms with Crippen LogP contribution in [0.4, 0.5) is 0 Å². The van der Waals surface area contributed by atoms with Crippen LogP contribution < -0.4 is 0 Å². The number of hydrogen-bond donors (Lipinski definition) is 1. The lowest BCUT2D eigenvalue weighted by molar-refractivity contribution is 0.0197. The van der Waals surface area contributed by atoms with E-state index in [0.29, 0.717) is 0 Å². The number of piperidine rings is 1. The molecule has 2 aliphatic heterocycles. The van der Waals surface area contributed by atoms with Gasteiger partial charge in [0.05, 0.1) is 0 Å². The van der Waals surface area contributed by atoms with Crippen molar-refractivity contribution in [3.05, 3.63) is 0 Å². The summed E-state index contributed by atoms with van der Waals surface area (Å²) in [6.07, 6.45) is 4.16. The van der Waals surface area contributed by atoms with E-state index in [0.717, 1.165) is 12.6 Å². The number of rotatable bonds is 3. The minimum atomic E-state index is 0.0524. The molecule has 2 rings (SSSR count). The highest BCUT2D eigenvalue weighted by Crippen LogP contribution is 2.23. The molecule has 1 N–H and O–H groups in total. The molecule has 2 saturated heterocycles. The molecular weight excluding hydrogens is 200 g/mol. The second-order valence-electron chi connectivity index (χ2n) is 6.24. The summed E-state index contributed by atoms with van der Waals surface area (Å²) >= 11 is 0. The lowest BCUT2D eigenvalue weighted by atomic mass is 9.92. The number of nitrogens with zero attached hydrogens (tertiary/aromatic N) is 2. The van der Waals surface area contributed by atoms with Gasteiger partial charge in [-0.05, 0) is 19.4 Å². The summed E-state index contributed by atoms with van der Waals surface area (Å²) in [5.41, 5.74) is 0.0524. The third-order valence-corrected chi connectivity index (χ3v) is 4.00. The molecule has 1 atom stereocenters. The Kier molecular flexibility index (Phi) is 3.88. The molecule has 0 aromatic heterocycles. The van der Waals surface area contributed by atoms with Gasteiger partial charge in [-0.2, -0.15) is 0 Å². The first-order chi connectivity index (χ1) is 7.61. The van der Waals surface area contributed by atoms with Crippen LogP contribution in [0.2, 0.25) is 0 Å². The number of aliphatic hydroxyl groups excluding tert-OH is 1. The molecule has 94 valence electrons. The highest BCUT2D eigenvalue weighted by Gasteiger charge is 2.31. The standard InChI is InChI=1S/C13H26N2O/c1-13(2,11-16)10-14-7-8-15-6-4-3-5-12(15)9-14/h12,16H,3-11H2,1-2H3. The van der Waals surface area contributed by atoms with Gasteiger partial charge < -0.3 is 5.11 Å². The van der Waals surface area contributed by atoms with Crippen molar-refractivity contribution < 1.29 is 5.11 Å². The quantitative estimate of drug-likeness (QED) is 0.783. The normalized spacial score (nSPS) is 29.1. The molecule has 0 amide bonds. The Morgan fingerprint density at radius 1 is 1.19 bits per heavy atom. The minimum absolute atomic E-state index is 0.0524. The Labute approximate surface area is 99.4 Å². The Morgan fingerprint density at radius 3 is 2.75 bits per heavy atom. The second kappa shape index (κ2) is 5.03. The molecule has 0 aliphatic carbocycles. The molecule has 2 heterocycles. The molecule has 16 heavy (non-hydrogen) atoms.